The number of carbonyl (C=O) groups is 5. The van der Waals surface area contributed by atoms with Gasteiger partial charge in [0.25, 0.3) is 0 Å². The zero-order valence-corrected chi connectivity index (χ0v) is 29.4. The first kappa shape index (κ1) is 35.7. The second-order valence-electron chi connectivity index (χ2n) is 14.9. The normalized spacial score (nSPS) is 26.0. The molecule has 6 aliphatic rings. The van der Waals surface area contributed by atoms with E-state index in [0.717, 1.165) is 54.4 Å². The van der Waals surface area contributed by atoms with Gasteiger partial charge in [-0.1, -0.05) is 0 Å². The highest BCUT2D eigenvalue weighted by Gasteiger charge is 2.38. The molecule has 2 atom stereocenters. The number of alkyl halides is 2. The zero-order chi connectivity index (χ0) is 34.7. The number of thiazole rings is 1. The molecule has 6 bridgehead atoms. The van der Waals surface area contributed by atoms with Crippen molar-refractivity contribution < 1.29 is 32.8 Å². The topological polar surface area (TPSA) is 123 Å². The minimum Gasteiger partial charge on any atom is -0.354 e. The maximum Gasteiger partial charge on any atom is 0.248 e. The Hall–Kier alpha value is -3.16. The molecule has 0 radical (unpaired) electrons. The summed E-state index contributed by atoms with van der Waals surface area (Å²) >= 11 is 1.62. The molecule has 0 spiro atoms. The monoisotopic (exact) mass is 704 g/mol. The van der Waals surface area contributed by atoms with E-state index in [0.29, 0.717) is 51.9 Å². The average Bonchev–Trinajstić information content (AvgIpc) is 3.75. The van der Waals surface area contributed by atoms with Crippen LogP contribution in [-0.4, -0.2) is 119 Å². The van der Waals surface area contributed by atoms with Crippen molar-refractivity contribution in [2.24, 2.45) is 17.8 Å². The van der Waals surface area contributed by atoms with Gasteiger partial charge in [-0.05, 0) is 69.6 Å². The molecule has 7 rings (SSSR count). The van der Waals surface area contributed by atoms with Crippen LogP contribution >= 0.6 is 11.3 Å². The molecule has 1 aromatic heterocycles. The van der Waals surface area contributed by atoms with Gasteiger partial charge in [0.1, 0.15) is 13.1 Å². The molecule has 4 fully saturated rings. The molecule has 5 aliphatic heterocycles. The number of rotatable bonds is 6. The van der Waals surface area contributed by atoms with E-state index in [9.17, 15) is 32.8 Å². The number of aromatic nitrogens is 1. The largest absolute Gasteiger partial charge is 0.354 e. The van der Waals surface area contributed by atoms with Gasteiger partial charge in [0.15, 0.2) is 0 Å². The molecule has 3 saturated heterocycles. The Morgan fingerprint density at radius 2 is 1.61 bits per heavy atom. The van der Waals surface area contributed by atoms with Crippen LogP contribution < -0.4 is 5.32 Å². The maximum atomic E-state index is 14.1. The predicted molar refractivity (Wildman–Crippen MR) is 179 cm³/mol. The lowest BCUT2D eigenvalue weighted by molar-refractivity contribution is -0.145. The highest BCUT2D eigenvalue weighted by molar-refractivity contribution is 7.11. The molecule has 5 amide bonds. The van der Waals surface area contributed by atoms with Crippen LogP contribution in [0.4, 0.5) is 8.78 Å². The van der Waals surface area contributed by atoms with Crippen LogP contribution in [0.2, 0.25) is 0 Å². The molecule has 1 N–H and O–H groups in total. The van der Waals surface area contributed by atoms with Crippen LogP contribution in [-0.2, 0) is 30.4 Å². The van der Waals surface area contributed by atoms with Crippen molar-refractivity contribution in [2.45, 2.75) is 95.8 Å². The summed E-state index contributed by atoms with van der Waals surface area (Å²) in [6.07, 6.45) is 4.71. The smallest absolute Gasteiger partial charge is 0.248 e. The third-order valence-corrected chi connectivity index (χ3v) is 12.6. The Labute approximate surface area is 291 Å². The third kappa shape index (κ3) is 8.96. The van der Waals surface area contributed by atoms with E-state index in [1.165, 1.54) is 4.90 Å². The molecule has 1 aromatic rings. The SMILES string of the molecule is Cc1sc2nc1CC(=O)N1CC[C@@H](CC(=O)N3CCCC3)[C@@H](CC(=O)N(CC(=O)NCC3CCC(F)(F)CC3)CC(=O)N3CCC2CC3)C1. The van der Waals surface area contributed by atoms with Gasteiger partial charge in [-0.25, -0.2) is 13.8 Å². The Morgan fingerprint density at radius 3 is 2.33 bits per heavy atom. The number of nitrogens with zero attached hydrogens (tertiary/aromatic N) is 5. The molecule has 1 saturated carbocycles. The second kappa shape index (κ2) is 15.4. The molecule has 1 aliphatic carbocycles. The standard InChI is InChI=1S/C35H50F2N6O5S/c1-23-28-18-32(47)42-15-8-26(16-30(45)40-11-2-3-12-40)27(20-42)17-31(46)43(21-29(44)38-19-24-4-9-35(36,37)10-5-24)22-33(48)41-13-6-25(7-14-41)34(39-28)49-23/h24-27H,2-22H2,1H3,(H,38,44)/t26-,27-/m0/s1. The average molecular weight is 705 g/mol. The minimum atomic E-state index is -2.66. The van der Waals surface area contributed by atoms with Crippen molar-refractivity contribution in [1.29, 1.82) is 0 Å². The van der Waals surface area contributed by atoms with Gasteiger partial charge < -0.3 is 24.9 Å². The van der Waals surface area contributed by atoms with Gasteiger partial charge in [0, 0.05) is 82.3 Å². The molecular formula is C35H50F2N6O5S. The highest BCUT2D eigenvalue weighted by atomic mass is 32.1. The van der Waals surface area contributed by atoms with Gasteiger partial charge in [-0.3, -0.25) is 24.0 Å². The van der Waals surface area contributed by atoms with E-state index in [-0.39, 0.29) is 92.6 Å². The quantitative estimate of drug-likeness (QED) is 0.485. The number of amides is 5. The zero-order valence-electron chi connectivity index (χ0n) is 28.6. The van der Waals surface area contributed by atoms with E-state index in [1.54, 1.807) is 21.1 Å². The predicted octanol–water partition coefficient (Wildman–Crippen LogP) is 3.35. The number of carbonyl (C=O) groups excluding carboxylic acids is 5. The Balaban J connectivity index is 1.20. The first-order chi connectivity index (χ1) is 23.4. The number of hydrogen-bond acceptors (Lipinski definition) is 7. The number of fused-ring (bicyclic) bond motifs is 7. The van der Waals surface area contributed by atoms with Crippen molar-refractivity contribution in [3.63, 3.8) is 0 Å². The summed E-state index contributed by atoms with van der Waals surface area (Å²) < 4.78 is 27.3. The first-order valence-electron chi connectivity index (χ1n) is 18.2. The fraction of sp³-hybridized carbons (Fsp3) is 0.771. The fourth-order valence-corrected chi connectivity index (χ4v) is 9.29. The number of likely N-dealkylation sites (tertiary alicyclic amines) is 1. The number of nitrogens with one attached hydrogen (secondary N) is 1. The molecule has 0 aromatic carbocycles. The van der Waals surface area contributed by atoms with E-state index in [1.807, 2.05) is 11.8 Å². The van der Waals surface area contributed by atoms with Gasteiger partial charge >= 0.3 is 0 Å². The summed E-state index contributed by atoms with van der Waals surface area (Å²) in [7, 11) is 0. The summed E-state index contributed by atoms with van der Waals surface area (Å²) in [5.74, 6) is -3.97. The third-order valence-electron chi connectivity index (χ3n) is 11.4. The van der Waals surface area contributed by atoms with Crippen LogP contribution in [0.15, 0.2) is 0 Å². The summed E-state index contributed by atoms with van der Waals surface area (Å²) in [5.41, 5.74) is 0.783. The number of halogens is 2. The van der Waals surface area contributed by atoms with Gasteiger partial charge in [0.2, 0.25) is 35.5 Å². The van der Waals surface area contributed by atoms with E-state index in [4.69, 9.17) is 4.98 Å². The molecule has 0 unspecified atom stereocenters. The minimum absolute atomic E-state index is 0.00193. The van der Waals surface area contributed by atoms with Gasteiger partial charge in [-0.2, -0.15) is 0 Å². The van der Waals surface area contributed by atoms with Crippen LogP contribution in [0.25, 0.3) is 0 Å². The molecular weight excluding hydrogens is 654 g/mol. The lowest BCUT2D eigenvalue weighted by Crippen LogP contribution is -2.51. The highest BCUT2D eigenvalue weighted by Crippen LogP contribution is 2.37. The molecule has 14 heteroatoms. The van der Waals surface area contributed by atoms with Crippen LogP contribution in [0, 0.1) is 24.7 Å². The summed E-state index contributed by atoms with van der Waals surface area (Å²) in [6, 6.07) is 0. The first-order valence-corrected chi connectivity index (χ1v) is 19.0. The molecule has 270 valence electrons. The van der Waals surface area contributed by atoms with Crippen molar-refractivity contribution >= 4 is 40.9 Å². The number of hydrogen-bond donors (Lipinski definition) is 1. The van der Waals surface area contributed by atoms with E-state index >= 15 is 0 Å². The van der Waals surface area contributed by atoms with Crippen LogP contribution in [0.3, 0.4) is 0 Å². The van der Waals surface area contributed by atoms with Crippen LogP contribution in [0.5, 0.6) is 0 Å². The Bertz CT molecular complexity index is 1400. The van der Waals surface area contributed by atoms with E-state index in [2.05, 4.69) is 5.32 Å². The van der Waals surface area contributed by atoms with Gasteiger partial charge in [0.05, 0.1) is 17.1 Å². The van der Waals surface area contributed by atoms with Crippen molar-refractivity contribution in [2.75, 3.05) is 58.9 Å². The van der Waals surface area contributed by atoms with Gasteiger partial charge in [-0.15, -0.1) is 11.3 Å². The number of aryl methyl sites for hydroxylation is 1. The van der Waals surface area contributed by atoms with Crippen LogP contribution in [0.1, 0.15) is 92.1 Å². The van der Waals surface area contributed by atoms with E-state index < -0.39 is 11.8 Å². The Kier molecular flexibility index (Phi) is 11.2. The lowest BCUT2D eigenvalue weighted by atomic mass is 9.80. The molecule has 11 nitrogen and oxygen atoms in total. The summed E-state index contributed by atoms with van der Waals surface area (Å²) in [6.45, 7) is 4.97. The molecule has 6 heterocycles. The fourth-order valence-electron chi connectivity index (χ4n) is 8.19. The molecule has 49 heavy (non-hydrogen) atoms. The van der Waals surface area contributed by atoms with Crippen molar-refractivity contribution in [1.82, 2.24) is 29.9 Å². The summed E-state index contributed by atoms with van der Waals surface area (Å²) in [4.78, 5) is 80.5. The van der Waals surface area contributed by atoms with Crippen molar-refractivity contribution in [3.05, 3.63) is 15.6 Å². The summed E-state index contributed by atoms with van der Waals surface area (Å²) in [5, 5.41) is 3.82. The van der Waals surface area contributed by atoms with Crippen molar-refractivity contribution in [3.8, 4) is 0 Å². The Morgan fingerprint density at radius 1 is 0.918 bits per heavy atom. The lowest BCUT2D eigenvalue weighted by Gasteiger charge is -2.39. The number of piperidine rings is 2. The second-order valence-corrected chi connectivity index (χ2v) is 16.1. The maximum absolute atomic E-state index is 14.1.